The van der Waals surface area contributed by atoms with E-state index in [0.717, 1.165) is 38.7 Å². The average Bonchev–Trinajstić information content (AvgIpc) is 2.96. The Labute approximate surface area is 120 Å². The van der Waals surface area contributed by atoms with Gasteiger partial charge in [0.1, 0.15) is 11.4 Å². The summed E-state index contributed by atoms with van der Waals surface area (Å²) in [4.78, 5) is 17.4. The van der Waals surface area contributed by atoms with Crippen molar-refractivity contribution in [2.45, 2.75) is 13.8 Å². The van der Waals surface area contributed by atoms with Crippen LogP contribution in [0, 0.1) is 13.8 Å². The van der Waals surface area contributed by atoms with Crippen LogP contribution in [0.3, 0.4) is 0 Å². The number of fused-ring (bicyclic) bond motifs is 1. The van der Waals surface area contributed by atoms with Gasteiger partial charge in [0.25, 0.3) is 0 Å². The molecule has 0 fully saturated rings. The number of aryl methyl sites for hydroxylation is 2. The predicted octanol–water partition coefficient (Wildman–Crippen LogP) is 3.50. The van der Waals surface area contributed by atoms with E-state index >= 15 is 0 Å². The minimum absolute atomic E-state index is 0.577. The molecule has 20 heavy (non-hydrogen) atoms. The number of thiazole rings is 1. The highest BCUT2D eigenvalue weighted by molar-refractivity contribution is 7.17. The largest absolute Gasteiger partial charge is 0.496 e. The van der Waals surface area contributed by atoms with Crippen molar-refractivity contribution in [3.8, 4) is 17.0 Å². The normalized spacial score (nSPS) is 10.9. The van der Waals surface area contributed by atoms with E-state index < -0.39 is 0 Å². The summed E-state index contributed by atoms with van der Waals surface area (Å²) < 4.78 is 7.20. The van der Waals surface area contributed by atoms with Crippen LogP contribution in [0.15, 0.2) is 24.4 Å². The van der Waals surface area contributed by atoms with Crippen LogP contribution in [-0.2, 0) is 0 Å². The van der Waals surface area contributed by atoms with E-state index in [4.69, 9.17) is 4.74 Å². The molecule has 0 bridgehead atoms. The van der Waals surface area contributed by atoms with Crippen LogP contribution in [0.4, 0.5) is 0 Å². The molecule has 3 rings (SSSR count). The molecule has 0 spiro atoms. The molecular weight excluding hydrogens is 272 g/mol. The van der Waals surface area contributed by atoms with E-state index in [-0.39, 0.29) is 0 Å². The highest BCUT2D eigenvalue weighted by Gasteiger charge is 2.16. The molecule has 3 aromatic rings. The zero-order valence-corrected chi connectivity index (χ0v) is 12.3. The number of carbonyl (C=O) groups is 1. The Hall–Kier alpha value is -2.14. The van der Waals surface area contributed by atoms with Crippen LogP contribution in [0.2, 0.25) is 0 Å². The molecule has 0 radical (unpaired) electrons. The Balaban J connectivity index is 2.28. The SMILES string of the molecule is COc1ccc(-c2c(C)sc3ncc(C=O)n23)cc1C. The first-order chi connectivity index (χ1) is 9.65. The van der Waals surface area contributed by atoms with Crippen LogP contribution in [0.1, 0.15) is 20.9 Å². The van der Waals surface area contributed by atoms with Crippen molar-refractivity contribution in [3.05, 3.63) is 40.5 Å². The Bertz CT molecular complexity index is 802. The zero-order chi connectivity index (χ0) is 14.3. The monoisotopic (exact) mass is 286 g/mol. The Morgan fingerprint density at radius 3 is 2.80 bits per heavy atom. The highest BCUT2D eigenvalue weighted by Crippen LogP contribution is 2.33. The maximum atomic E-state index is 11.2. The lowest BCUT2D eigenvalue weighted by Crippen LogP contribution is -1.94. The van der Waals surface area contributed by atoms with E-state index in [2.05, 4.69) is 11.1 Å². The van der Waals surface area contributed by atoms with E-state index in [0.29, 0.717) is 5.69 Å². The van der Waals surface area contributed by atoms with Gasteiger partial charge < -0.3 is 4.74 Å². The third-order valence-corrected chi connectivity index (χ3v) is 4.32. The topological polar surface area (TPSA) is 43.6 Å². The molecule has 102 valence electrons. The molecule has 1 aromatic carbocycles. The zero-order valence-electron chi connectivity index (χ0n) is 11.5. The van der Waals surface area contributed by atoms with Crippen LogP contribution in [0.25, 0.3) is 16.2 Å². The number of ether oxygens (including phenoxy) is 1. The smallest absolute Gasteiger partial charge is 0.194 e. The molecule has 0 aliphatic carbocycles. The maximum Gasteiger partial charge on any atom is 0.194 e. The minimum Gasteiger partial charge on any atom is -0.496 e. The van der Waals surface area contributed by atoms with Gasteiger partial charge in [0.15, 0.2) is 11.2 Å². The van der Waals surface area contributed by atoms with Crippen molar-refractivity contribution in [2.75, 3.05) is 7.11 Å². The molecule has 0 unspecified atom stereocenters. The summed E-state index contributed by atoms with van der Waals surface area (Å²) in [7, 11) is 1.66. The molecule has 2 aromatic heterocycles. The first-order valence-electron chi connectivity index (χ1n) is 6.22. The first-order valence-corrected chi connectivity index (χ1v) is 7.04. The van der Waals surface area contributed by atoms with Gasteiger partial charge in [0, 0.05) is 10.4 Å². The number of hydrogen-bond acceptors (Lipinski definition) is 4. The molecule has 5 heteroatoms. The second-order valence-electron chi connectivity index (χ2n) is 4.61. The molecular formula is C15H14N2O2S. The van der Waals surface area contributed by atoms with Crippen molar-refractivity contribution < 1.29 is 9.53 Å². The molecule has 0 aliphatic heterocycles. The standard InChI is InChI=1S/C15H14N2O2S/c1-9-6-11(4-5-13(9)19-3)14-10(2)20-15-16-7-12(8-18)17(14)15/h4-8H,1-3H3. The molecule has 0 saturated carbocycles. The first kappa shape index (κ1) is 12.9. The van der Waals surface area contributed by atoms with Gasteiger partial charge >= 0.3 is 0 Å². The third-order valence-electron chi connectivity index (χ3n) is 3.35. The number of rotatable bonds is 3. The number of aldehydes is 1. The number of carbonyl (C=O) groups excluding carboxylic acids is 1. The summed E-state index contributed by atoms with van der Waals surface area (Å²) in [5.74, 6) is 0.860. The fourth-order valence-corrected chi connectivity index (χ4v) is 3.40. The second-order valence-corrected chi connectivity index (χ2v) is 5.79. The summed E-state index contributed by atoms with van der Waals surface area (Å²) >= 11 is 1.59. The van der Waals surface area contributed by atoms with Crippen LogP contribution in [0.5, 0.6) is 5.75 Å². The number of nitrogens with zero attached hydrogens (tertiary/aromatic N) is 2. The minimum atomic E-state index is 0.577. The Morgan fingerprint density at radius 1 is 1.35 bits per heavy atom. The Kier molecular flexibility index (Phi) is 3.06. The molecule has 0 N–H and O–H groups in total. The van der Waals surface area contributed by atoms with Gasteiger partial charge in [-0.15, -0.1) is 11.3 Å². The molecule has 0 aliphatic rings. The molecule has 0 saturated heterocycles. The lowest BCUT2D eigenvalue weighted by Gasteiger charge is -2.08. The quantitative estimate of drug-likeness (QED) is 0.692. The van der Waals surface area contributed by atoms with Crippen LogP contribution >= 0.6 is 11.3 Å². The number of hydrogen-bond donors (Lipinski definition) is 0. The lowest BCUT2D eigenvalue weighted by molar-refractivity contribution is 0.111. The van der Waals surface area contributed by atoms with Gasteiger partial charge in [-0.3, -0.25) is 9.20 Å². The van der Waals surface area contributed by atoms with Crippen LogP contribution < -0.4 is 4.74 Å². The molecule has 4 nitrogen and oxygen atoms in total. The van der Waals surface area contributed by atoms with Gasteiger partial charge in [0.05, 0.1) is 19.0 Å². The third kappa shape index (κ3) is 1.82. The maximum absolute atomic E-state index is 11.2. The van der Waals surface area contributed by atoms with Crippen molar-refractivity contribution >= 4 is 22.6 Å². The highest BCUT2D eigenvalue weighted by atomic mass is 32.1. The number of imidazole rings is 1. The summed E-state index contributed by atoms with van der Waals surface area (Å²) in [6.07, 6.45) is 2.45. The van der Waals surface area contributed by atoms with E-state index in [1.54, 1.807) is 24.6 Å². The van der Waals surface area contributed by atoms with Crippen molar-refractivity contribution in [3.63, 3.8) is 0 Å². The van der Waals surface area contributed by atoms with E-state index in [1.165, 1.54) is 0 Å². The van der Waals surface area contributed by atoms with Crippen molar-refractivity contribution in [2.24, 2.45) is 0 Å². The van der Waals surface area contributed by atoms with Gasteiger partial charge in [-0.25, -0.2) is 4.98 Å². The number of methoxy groups -OCH3 is 1. The van der Waals surface area contributed by atoms with Gasteiger partial charge in [-0.2, -0.15) is 0 Å². The van der Waals surface area contributed by atoms with Crippen molar-refractivity contribution in [1.29, 1.82) is 0 Å². The van der Waals surface area contributed by atoms with Gasteiger partial charge in [-0.1, -0.05) is 0 Å². The second kappa shape index (κ2) is 4.76. The molecule has 0 amide bonds. The van der Waals surface area contributed by atoms with Gasteiger partial charge in [-0.05, 0) is 37.6 Å². The summed E-state index contributed by atoms with van der Waals surface area (Å²) in [5, 5.41) is 0. The van der Waals surface area contributed by atoms with E-state index in [9.17, 15) is 4.79 Å². The summed E-state index contributed by atoms with van der Waals surface area (Å²) in [5.41, 5.74) is 3.73. The predicted molar refractivity (Wildman–Crippen MR) is 79.9 cm³/mol. The fourth-order valence-electron chi connectivity index (χ4n) is 2.43. The Morgan fingerprint density at radius 2 is 2.15 bits per heavy atom. The molecule has 0 atom stereocenters. The van der Waals surface area contributed by atoms with Gasteiger partial charge in [0.2, 0.25) is 0 Å². The fraction of sp³-hybridized carbons (Fsp3) is 0.200. The molecule has 2 heterocycles. The average molecular weight is 286 g/mol. The van der Waals surface area contributed by atoms with Crippen molar-refractivity contribution in [1.82, 2.24) is 9.38 Å². The summed E-state index contributed by atoms with van der Waals surface area (Å²) in [6, 6.07) is 6.03. The van der Waals surface area contributed by atoms with E-state index in [1.807, 2.05) is 30.4 Å². The number of aromatic nitrogens is 2. The lowest BCUT2D eigenvalue weighted by atomic mass is 10.1. The number of benzene rings is 1. The van der Waals surface area contributed by atoms with Crippen LogP contribution in [-0.4, -0.2) is 22.8 Å². The summed E-state index contributed by atoms with van der Waals surface area (Å²) in [6.45, 7) is 4.05.